The maximum atomic E-state index is 12.4. The molecule has 1 saturated heterocycles. The van der Waals surface area contributed by atoms with Crippen LogP contribution >= 0.6 is 0 Å². The van der Waals surface area contributed by atoms with Crippen molar-refractivity contribution < 1.29 is 9.53 Å². The van der Waals surface area contributed by atoms with Crippen molar-refractivity contribution in [2.45, 2.75) is 25.3 Å². The van der Waals surface area contributed by atoms with Crippen molar-refractivity contribution in [2.24, 2.45) is 0 Å². The number of nitrogens with one attached hydrogen (secondary N) is 1. The van der Waals surface area contributed by atoms with Crippen LogP contribution in [0.15, 0.2) is 37.1 Å². The molecule has 2 aromatic heterocycles. The van der Waals surface area contributed by atoms with E-state index in [1.807, 2.05) is 23.8 Å². The molecule has 0 unspecified atom stereocenters. The van der Waals surface area contributed by atoms with Gasteiger partial charge in [-0.05, 0) is 31.9 Å². The zero-order valence-electron chi connectivity index (χ0n) is 12.0. The van der Waals surface area contributed by atoms with Gasteiger partial charge >= 0.3 is 0 Å². The van der Waals surface area contributed by atoms with Crippen LogP contribution in [0.2, 0.25) is 0 Å². The normalized spacial score (nSPS) is 17.4. The number of rotatable bonds is 3. The van der Waals surface area contributed by atoms with E-state index >= 15 is 0 Å². The molecule has 0 spiro atoms. The number of hydrogen-bond donors (Lipinski definition) is 1. The van der Waals surface area contributed by atoms with E-state index in [-0.39, 0.29) is 11.4 Å². The molecule has 0 atom stereocenters. The fourth-order valence-electron chi connectivity index (χ4n) is 2.40. The molecule has 1 fully saturated rings. The topological polar surface area (TPSA) is 69.0 Å². The van der Waals surface area contributed by atoms with Crippen LogP contribution in [0.5, 0.6) is 0 Å². The standard InChI is InChI=1S/C15H18N4O2/c1-15(3-8-21-9-4-15)18-14(20)13-10-12(2-5-17-13)19-7-6-16-11-19/h2,5-7,10-11H,3-4,8-9H2,1H3,(H,18,20). The van der Waals surface area contributed by atoms with Crippen molar-refractivity contribution in [2.75, 3.05) is 13.2 Å². The first-order chi connectivity index (χ1) is 10.2. The van der Waals surface area contributed by atoms with Crippen LogP contribution in [0.25, 0.3) is 5.69 Å². The second-order valence-electron chi connectivity index (χ2n) is 5.50. The van der Waals surface area contributed by atoms with E-state index in [1.54, 1.807) is 24.8 Å². The average Bonchev–Trinajstić information content (AvgIpc) is 3.02. The van der Waals surface area contributed by atoms with Gasteiger partial charge in [0.1, 0.15) is 5.69 Å². The predicted octanol–water partition coefficient (Wildman–Crippen LogP) is 1.57. The molecular weight excluding hydrogens is 268 g/mol. The summed E-state index contributed by atoms with van der Waals surface area (Å²) < 4.78 is 7.18. The molecule has 0 bridgehead atoms. The zero-order valence-corrected chi connectivity index (χ0v) is 12.0. The number of carbonyl (C=O) groups is 1. The molecule has 3 heterocycles. The van der Waals surface area contributed by atoms with Crippen molar-refractivity contribution in [3.05, 3.63) is 42.7 Å². The van der Waals surface area contributed by atoms with Crippen LogP contribution in [0.3, 0.4) is 0 Å². The minimum absolute atomic E-state index is 0.152. The molecule has 0 radical (unpaired) electrons. The number of amides is 1. The molecule has 1 aliphatic rings. The first kappa shape index (κ1) is 13.8. The van der Waals surface area contributed by atoms with Gasteiger partial charge in [0.25, 0.3) is 5.91 Å². The minimum atomic E-state index is -0.220. The van der Waals surface area contributed by atoms with Gasteiger partial charge in [-0.25, -0.2) is 4.98 Å². The Labute approximate surface area is 123 Å². The van der Waals surface area contributed by atoms with E-state index < -0.39 is 0 Å². The summed E-state index contributed by atoms with van der Waals surface area (Å²) in [5.74, 6) is -0.152. The first-order valence-corrected chi connectivity index (χ1v) is 7.01. The number of ether oxygens (including phenoxy) is 1. The lowest BCUT2D eigenvalue weighted by Crippen LogP contribution is -2.49. The summed E-state index contributed by atoms with van der Waals surface area (Å²) in [7, 11) is 0. The summed E-state index contributed by atoms with van der Waals surface area (Å²) in [6, 6.07) is 3.61. The molecule has 0 aromatic carbocycles. The largest absolute Gasteiger partial charge is 0.381 e. The van der Waals surface area contributed by atoms with Gasteiger partial charge in [-0.1, -0.05) is 0 Å². The number of hydrogen-bond acceptors (Lipinski definition) is 4. The second-order valence-corrected chi connectivity index (χ2v) is 5.50. The van der Waals surface area contributed by atoms with E-state index in [2.05, 4.69) is 15.3 Å². The lowest BCUT2D eigenvalue weighted by atomic mass is 9.92. The van der Waals surface area contributed by atoms with Crippen molar-refractivity contribution in [1.29, 1.82) is 0 Å². The van der Waals surface area contributed by atoms with E-state index in [0.717, 1.165) is 18.5 Å². The Balaban J connectivity index is 1.77. The minimum Gasteiger partial charge on any atom is -0.381 e. The third-order valence-electron chi connectivity index (χ3n) is 3.79. The molecule has 3 rings (SSSR count). The van der Waals surface area contributed by atoms with E-state index in [9.17, 15) is 4.79 Å². The molecule has 110 valence electrons. The Bertz CT molecular complexity index is 618. The molecule has 1 N–H and O–H groups in total. The van der Waals surface area contributed by atoms with Gasteiger partial charge in [-0.3, -0.25) is 9.78 Å². The Morgan fingerprint density at radius 1 is 1.38 bits per heavy atom. The molecule has 0 aliphatic carbocycles. The van der Waals surface area contributed by atoms with Gasteiger partial charge in [-0.2, -0.15) is 0 Å². The summed E-state index contributed by atoms with van der Waals surface area (Å²) in [4.78, 5) is 20.6. The predicted molar refractivity (Wildman–Crippen MR) is 77.3 cm³/mol. The number of pyridine rings is 1. The van der Waals surface area contributed by atoms with Crippen molar-refractivity contribution in [1.82, 2.24) is 19.9 Å². The van der Waals surface area contributed by atoms with Gasteiger partial charge in [0.15, 0.2) is 0 Å². The van der Waals surface area contributed by atoms with E-state index in [0.29, 0.717) is 18.9 Å². The summed E-state index contributed by atoms with van der Waals surface area (Å²) in [6.45, 7) is 3.41. The van der Waals surface area contributed by atoms with Crippen molar-refractivity contribution >= 4 is 5.91 Å². The Kier molecular flexibility index (Phi) is 3.70. The molecule has 6 nitrogen and oxygen atoms in total. The van der Waals surface area contributed by atoms with Gasteiger partial charge in [-0.15, -0.1) is 0 Å². The molecular formula is C15H18N4O2. The number of nitrogens with zero attached hydrogens (tertiary/aromatic N) is 3. The van der Waals surface area contributed by atoms with Crippen LogP contribution in [0, 0.1) is 0 Å². The van der Waals surface area contributed by atoms with E-state index in [4.69, 9.17) is 4.74 Å². The van der Waals surface area contributed by atoms with Crippen LogP contribution in [0.4, 0.5) is 0 Å². The van der Waals surface area contributed by atoms with Gasteiger partial charge < -0.3 is 14.6 Å². The zero-order chi connectivity index (χ0) is 14.7. The highest BCUT2D eigenvalue weighted by molar-refractivity contribution is 5.93. The molecule has 21 heavy (non-hydrogen) atoms. The maximum Gasteiger partial charge on any atom is 0.270 e. The van der Waals surface area contributed by atoms with Gasteiger partial charge in [0.2, 0.25) is 0 Å². The van der Waals surface area contributed by atoms with Gasteiger partial charge in [0, 0.05) is 37.3 Å². The smallest absolute Gasteiger partial charge is 0.270 e. The number of aromatic nitrogens is 3. The third-order valence-corrected chi connectivity index (χ3v) is 3.79. The highest BCUT2D eigenvalue weighted by Crippen LogP contribution is 2.20. The number of imidazole rings is 1. The third kappa shape index (κ3) is 3.11. The van der Waals surface area contributed by atoms with Crippen LogP contribution in [0.1, 0.15) is 30.3 Å². The lowest BCUT2D eigenvalue weighted by Gasteiger charge is -2.34. The monoisotopic (exact) mass is 286 g/mol. The highest BCUT2D eigenvalue weighted by Gasteiger charge is 2.29. The van der Waals surface area contributed by atoms with E-state index in [1.165, 1.54) is 0 Å². The molecule has 0 saturated carbocycles. The highest BCUT2D eigenvalue weighted by atomic mass is 16.5. The fourth-order valence-corrected chi connectivity index (χ4v) is 2.40. The summed E-state index contributed by atoms with van der Waals surface area (Å²) in [5.41, 5.74) is 1.06. The van der Waals surface area contributed by atoms with Crippen molar-refractivity contribution in [3.8, 4) is 5.69 Å². The van der Waals surface area contributed by atoms with Gasteiger partial charge in [0.05, 0.1) is 12.0 Å². The molecule has 6 heteroatoms. The fraction of sp³-hybridized carbons (Fsp3) is 0.400. The molecule has 2 aromatic rings. The summed E-state index contributed by atoms with van der Waals surface area (Å²) in [6.07, 6.45) is 8.49. The molecule has 1 aliphatic heterocycles. The Morgan fingerprint density at radius 3 is 2.90 bits per heavy atom. The Hall–Kier alpha value is -2.21. The van der Waals surface area contributed by atoms with Crippen LogP contribution in [-0.2, 0) is 4.74 Å². The Morgan fingerprint density at radius 2 is 2.19 bits per heavy atom. The quantitative estimate of drug-likeness (QED) is 0.930. The maximum absolute atomic E-state index is 12.4. The average molecular weight is 286 g/mol. The second kappa shape index (κ2) is 5.65. The van der Waals surface area contributed by atoms with Crippen LogP contribution in [-0.4, -0.2) is 39.2 Å². The summed E-state index contributed by atoms with van der Waals surface area (Å²) >= 11 is 0. The SMILES string of the molecule is CC1(NC(=O)c2cc(-n3ccnc3)ccn2)CCOCC1. The molecule has 1 amide bonds. The lowest BCUT2D eigenvalue weighted by molar-refractivity contribution is 0.0421. The summed E-state index contributed by atoms with van der Waals surface area (Å²) in [5, 5.41) is 3.08. The number of carbonyl (C=O) groups excluding carboxylic acids is 1. The first-order valence-electron chi connectivity index (χ1n) is 7.01. The van der Waals surface area contributed by atoms with Crippen molar-refractivity contribution in [3.63, 3.8) is 0 Å². The van der Waals surface area contributed by atoms with Crippen LogP contribution < -0.4 is 5.32 Å².